The maximum Gasteiger partial charge on any atom is 0.335 e. The van der Waals surface area contributed by atoms with Crippen LogP contribution in [0.3, 0.4) is 0 Å². The van der Waals surface area contributed by atoms with Gasteiger partial charge < -0.3 is 19.7 Å². The SMILES string of the molecule is O=C(O)c1cccc(-c2cc(Cl)cc(OCC(O)CN3CCOCC3)c2)c1. The van der Waals surface area contributed by atoms with Gasteiger partial charge in [0.15, 0.2) is 0 Å². The molecule has 27 heavy (non-hydrogen) atoms. The maximum absolute atomic E-state index is 11.2. The molecule has 1 saturated heterocycles. The predicted octanol–water partition coefficient (Wildman–Crippen LogP) is 2.78. The Balaban J connectivity index is 1.66. The standard InChI is InChI=1S/C20H22ClNO5/c21-17-9-16(14-2-1-3-15(8-14)20(24)25)10-19(11-17)27-13-18(23)12-22-4-6-26-7-5-22/h1-3,8-11,18,23H,4-7,12-13H2,(H,24,25). The van der Waals surface area contributed by atoms with Crippen LogP contribution in [-0.4, -0.2) is 66.6 Å². The Hall–Kier alpha value is -2.12. The van der Waals surface area contributed by atoms with Crippen molar-refractivity contribution in [2.24, 2.45) is 0 Å². The van der Waals surface area contributed by atoms with Crippen LogP contribution in [0, 0.1) is 0 Å². The summed E-state index contributed by atoms with van der Waals surface area (Å²) in [4.78, 5) is 13.3. The van der Waals surface area contributed by atoms with Gasteiger partial charge in [-0.3, -0.25) is 4.90 Å². The highest BCUT2D eigenvalue weighted by atomic mass is 35.5. The Labute approximate surface area is 162 Å². The average molecular weight is 392 g/mol. The predicted molar refractivity (Wildman–Crippen MR) is 103 cm³/mol. The maximum atomic E-state index is 11.2. The minimum absolute atomic E-state index is 0.145. The van der Waals surface area contributed by atoms with E-state index < -0.39 is 12.1 Å². The zero-order valence-electron chi connectivity index (χ0n) is 14.8. The highest BCUT2D eigenvalue weighted by Gasteiger charge is 2.15. The molecule has 0 aliphatic carbocycles. The van der Waals surface area contributed by atoms with Crippen molar-refractivity contribution in [2.75, 3.05) is 39.5 Å². The molecule has 0 spiro atoms. The van der Waals surface area contributed by atoms with Crippen LogP contribution in [0.5, 0.6) is 5.75 Å². The fourth-order valence-electron chi connectivity index (χ4n) is 2.97. The number of β-amino-alcohol motifs (C(OH)–C–C–N with tert-alkyl or cyclic N) is 1. The summed E-state index contributed by atoms with van der Waals surface area (Å²) in [6, 6.07) is 11.8. The Morgan fingerprint density at radius 1 is 1.19 bits per heavy atom. The summed E-state index contributed by atoms with van der Waals surface area (Å²) in [5, 5.41) is 19.8. The summed E-state index contributed by atoms with van der Waals surface area (Å²) in [6.45, 7) is 3.64. The van der Waals surface area contributed by atoms with Crippen LogP contribution in [0.4, 0.5) is 0 Å². The molecule has 2 N–H and O–H groups in total. The van der Waals surface area contributed by atoms with E-state index in [9.17, 15) is 9.90 Å². The number of carbonyl (C=O) groups is 1. The number of aromatic carboxylic acids is 1. The molecule has 0 bridgehead atoms. The van der Waals surface area contributed by atoms with Crippen molar-refractivity contribution in [1.29, 1.82) is 0 Å². The van der Waals surface area contributed by atoms with Gasteiger partial charge in [-0.05, 0) is 41.5 Å². The summed E-state index contributed by atoms with van der Waals surface area (Å²) in [5.74, 6) is -0.458. The Morgan fingerprint density at radius 3 is 2.70 bits per heavy atom. The number of carboxylic acid groups (broad SMARTS) is 1. The molecule has 7 heteroatoms. The Morgan fingerprint density at radius 2 is 1.96 bits per heavy atom. The summed E-state index contributed by atoms with van der Waals surface area (Å²) >= 11 is 6.19. The largest absolute Gasteiger partial charge is 0.491 e. The third kappa shape index (κ3) is 5.68. The van der Waals surface area contributed by atoms with Gasteiger partial charge in [-0.1, -0.05) is 23.7 Å². The fourth-order valence-corrected chi connectivity index (χ4v) is 3.20. The van der Waals surface area contributed by atoms with Gasteiger partial charge in [0.2, 0.25) is 0 Å². The molecule has 144 valence electrons. The summed E-state index contributed by atoms with van der Waals surface area (Å²) < 4.78 is 11.0. The second kappa shape index (κ2) is 9.19. The van der Waals surface area contributed by atoms with E-state index in [0.717, 1.165) is 24.2 Å². The van der Waals surface area contributed by atoms with Gasteiger partial charge in [-0.25, -0.2) is 4.79 Å². The van der Waals surface area contributed by atoms with Crippen LogP contribution in [0.15, 0.2) is 42.5 Å². The van der Waals surface area contributed by atoms with E-state index in [1.54, 1.807) is 30.3 Å². The molecule has 1 aliphatic rings. The van der Waals surface area contributed by atoms with Gasteiger partial charge in [0.1, 0.15) is 18.5 Å². The highest BCUT2D eigenvalue weighted by Crippen LogP contribution is 2.29. The Bertz CT molecular complexity index is 792. The van der Waals surface area contributed by atoms with Crippen molar-refractivity contribution in [3.63, 3.8) is 0 Å². The van der Waals surface area contributed by atoms with Crippen molar-refractivity contribution in [1.82, 2.24) is 4.90 Å². The van der Waals surface area contributed by atoms with Gasteiger partial charge in [-0.2, -0.15) is 0 Å². The van der Waals surface area contributed by atoms with Crippen LogP contribution >= 0.6 is 11.6 Å². The molecule has 0 saturated carbocycles. The van der Waals surface area contributed by atoms with Crippen molar-refractivity contribution < 1.29 is 24.5 Å². The number of morpholine rings is 1. The first-order valence-corrected chi connectivity index (χ1v) is 9.14. The summed E-state index contributed by atoms with van der Waals surface area (Å²) in [6.07, 6.45) is -0.624. The molecule has 0 aromatic heterocycles. The van der Waals surface area contributed by atoms with E-state index in [2.05, 4.69) is 4.90 Å². The van der Waals surface area contributed by atoms with Crippen molar-refractivity contribution >= 4 is 17.6 Å². The number of carboxylic acids is 1. The highest BCUT2D eigenvalue weighted by molar-refractivity contribution is 6.31. The minimum atomic E-state index is -0.985. The number of nitrogens with zero attached hydrogens (tertiary/aromatic N) is 1. The van der Waals surface area contributed by atoms with Gasteiger partial charge >= 0.3 is 5.97 Å². The van der Waals surface area contributed by atoms with Crippen LogP contribution in [-0.2, 0) is 4.74 Å². The summed E-state index contributed by atoms with van der Waals surface area (Å²) in [5.41, 5.74) is 1.69. The van der Waals surface area contributed by atoms with Crippen LogP contribution in [0.1, 0.15) is 10.4 Å². The average Bonchev–Trinajstić information content (AvgIpc) is 2.67. The first-order chi connectivity index (χ1) is 13.0. The number of aliphatic hydroxyl groups is 1. The third-order valence-electron chi connectivity index (χ3n) is 4.33. The molecule has 1 aliphatic heterocycles. The van der Waals surface area contributed by atoms with Crippen molar-refractivity contribution in [3.05, 3.63) is 53.1 Å². The first-order valence-electron chi connectivity index (χ1n) is 8.76. The molecular formula is C20H22ClNO5. The Kier molecular flexibility index (Phi) is 6.68. The molecule has 0 amide bonds. The quantitative estimate of drug-likeness (QED) is 0.755. The number of rotatable bonds is 7. The first kappa shape index (κ1) is 19.6. The molecular weight excluding hydrogens is 370 g/mol. The molecule has 3 rings (SSSR count). The number of halogens is 1. The number of hydrogen-bond acceptors (Lipinski definition) is 5. The minimum Gasteiger partial charge on any atom is -0.491 e. The van der Waals surface area contributed by atoms with Crippen molar-refractivity contribution in [2.45, 2.75) is 6.10 Å². The lowest BCUT2D eigenvalue weighted by molar-refractivity contribution is 0.00466. The van der Waals surface area contributed by atoms with E-state index in [1.807, 2.05) is 6.07 Å². The topological polar surface area (TPSA) is 79.2 Å². The van der Waals surface area contributed by atoms with E-state index in [1.165, 1.54) is 6.07 Å². The molecule has 1 unspecified atom stereocenters. The molecule has 1 fully saturated rings. The van der Waals surface area contributed by atoms with Crippen LogP contribution in [0.2, 0.25) is 5.02 Å². The number of ether oxygens (including phenoxy) is 2. The van der Waals surface area contributed by atoms with Gasteiger partial charge in [0.25, 0.3) is 0 Å². The van der Waals surface area contributed by atoms with Crippen molar-refractivity contribution in [3.8, 4) is 16.9 Å². The van der Waals surface area contributed by atoms with E-state index in [0.29, 0.717) is 30.5 Å². The number of hydrogen-bond donors (Lipinski definition) is 2. The van der Waals surface area contributed by atoms with E-state index in [-0.39, 0.29) is 12.2 Å². The number of aliphatic hydroxyl groups excluding tert-OH is 1. The van der Waals surface area contributed by atoms with Gasteiger partial charge in [0.05, 0.1) is 18.8 Å². The molecule has 2 aromatic carbocycles. The smallest absolute Gasteiger partial charge is 0.335 e. The lowest BCUT2D eigenvalue weighted by atomic mass is 10.0. The number of benzene rings is 2. The zero-order valence-corrected chi connectivity index (χ0v) is 15.6. The van der Waals surface area contributed by atoms with Gasteiger partial charge in [0, 0.05) is 24.7 Å². The summed E-state index contributed by atoms with van der Waals surface area (Å²) in [7, 11) is 0. The van der Waals surface area contributed by atoms with E-state index >= 15 is 0 Å². The fraction of sp³-hybridized carbons (Fsp3) is 0.350. The molecule has 0 radical (unpaired) electrons. The molecule has 6 nitrogen and oxygen atoms in total. The third-order valence-corrected chi connectivity index (χ3v) is 4.55. The second-order valence-corrected chi connectivity index (χ2v) is 6.88. The normalized spacial score (nSPS) is 16.1. The van der Waals surface area contributed by atoms with Gasteiger partial charge in [-0.15, -0.1) is 0 Å². The van der Waals surface area contributed by atoms with Crippen LogP contribution in [0.25, 0.3) is 11.1 Å². The lowest BCUT2D eigenvalue weighted by Crippen LogP contribution is -2.42. The second-order valence-electron chi connectivity index (χ2n) is 6.44. The monoisotopic (exact) mass is 391 g/mol. The zero-order chi connectivity index (χ0) is 19.2. The van der Waals surface area contributed by atoms with E-state index in [4.69, 9.17) is 26.2 Å². The van der Waals surface area contributed by atoms with Crippen LogP contribution < -0.4 is 4.74 Å². The molecule has 1 atom stereocenters. The molecule has 1 heterocycles. The molecule has 2 aromatic rings. The lowest BCUT2D eigenvalue weighted by Gasteiger charge is -2.28.